The van der Waals surface area contributed by atoms with E-state index in [0.29, 0.717) is 0 Å². The first kappa shape index (κ1) is 11.8. The number of hydrogen-bond acceptors (Lipinski definition) is 7. The molecule has 0 aliphatic carbocycles. The minimum atomic E-state index is -2.36. The molecule has 1 aliphatic heterocycles. The zero-order valence-electron chi connectivity index (χ0n) is 7.32. The highest BCUT2D eigenvalue weighted by Gasteiger charge is 2.52. The Bertz CT molecular complexity index is 196. The lowest BCUT2D eigenvalue weighted by Gasteiger charge is -2.44. The third-order valence-electron chi connectivity index (χ3n) is 2.28. The third-order valence-corrected chi connectivity index (χ3v) is 2.28. The fourth-order valence-corrected chi connectivity index (χ4v) is 1.35. The molecule has 0 aromatic heterocycles. The normalized spacial score (nSPS) is 49.3. The standard InChI is InChI=1S/C7H14O7/c8-1-3-4(10)5(11)6(12)7(13,2-9)14-3/h3-6,8-13H,1-2H2/t3-,4-,5-,6-,7?/m1/s1. The van der Waals surface area contributed by atoms with E-state index in [4.69, 9.17) is 10.2 Å². The Labute approximate surface area is 79.8 Å². The third kappa shape index (κ3) is 1.75. The summed E-state index contributed by atoms with van der Waals surface area (Å²) in [7, 11) is 0. The zero-order chi connectivity index (χ0) is 10.9. The van der Waals surface area contributed by atoms with Gasteiger partial charge in [0.25, 0.3) is 0 Å². The Kier molecular flexibility index (Phi) is 3.43. The lowest BCUT2D eigenvalue weighted by atomic mass is 9.93. The average molecular weight is 210 g/mol. The van der Waals surface area contributed by atoms with E-state index in [-0.39, 0.29) is 0 Å². The van der Waals surface area contributed by atoms with Gasteiger partial charge in [0.2, 0.25) is 5.79 Å². The van der Waals surface area contributed by atoms with Crippen molar-refractivity contribution in [3.8, 4) is 0 Å². The smallest absolute Gasteiger partial charge is 0.219 e. The number of aliphatic hydroxyl groups excluding tert-OH is 5. The Morgan fingerprint density at radius 2 is 1.64 bits per heavy atom. The van der Waals surface area contributed by atoms with Crippen LogP contribution in [0, 0.1) is 0 Å². The fraction of sp³-hybridized carbons (Fsp3) is 1.00. The Balaban J connectivity index is 2.84. The van der Waals surface area contributed by atoms with Crippen molar-refractivity contribution in [3.05, 3.63) is 0 Å². The molecule has 1 heterocycles. The van der Waals surface area contributed by atoms with Crippen LogP contribution in [-0.2, 0) is 4.74 Å². The molecule has 0 saturated carbocycles. The number of hydrogen-bond donors (Lipinski definition) is 6. The number of aliphatic hydroxyl groups is 6. The van der Waals surface area contributed by atoms with Gasteiger partial charge in [0, 0.05) is 0 Å². The lowest BCUT2D eigenvalue weighted by molar-refractivity contribution is -0.357. The molecule has 0 spiro atoms. The minimum Gasteiger partial charge on any atom is -0.394 e. The highest BCUT2D eigenvalue weighted by atomic mass is 16.7. The Morgan fingerprint density at radius 1 is 1.07 bits per heavy atom. The van der Waals surface area contributed by atoms with Gasteiger partial charge in [0.15, 0.2) is 0 Å². The van der Waals surface area contributed by atoms with E-state index in [2.05, 4.69) is 4.74 Å². The van der Waals surface area contributed by atoms with Crippen molar-refractivity contribution < 1.29 is 35.4 Å². The summed E-state index contributed by atoms with van der Waals surface area (Å²) in [4.78, 5) is 0. The van der Waals surface area contributed by atoms with Gasteiger partial charge in [0.1, 0.15) is 24.4 Å². The van der Waals surface area contributed by atoms with E-state index in [1.54, 1.807) is 0 Å². The molecule has 1 fully saturated rings. The first-order chi connectivity index (χ1) is 6.46. The summed E-state index contributed by atoms with van der Waals surface area (Å²) >= 11 is 0. The Hall–Kier alpha value is -0.280. The fourth-order valence-electron chi connectivity index (χ4n) is 1.35. The molecule has 0 radical (unpaired) electrons. The molecule has 0 aromatic carbocycles. The van der Waals surface area contributed by atoms with E-state index in [9.17, 15) is 20.4 Å². The molecule has 84 valence electrons. The maximum Gasteiger partial charge on any atom is 0.219 e. The van der Waals surface area contributed by atoms with Crippen LogP contribution in [0.5, 0.6) is 0 Å². The van der Waals surface area contributed by atoms with Crippen LogP contribution in [0.4, 0.5) is 0 Å². The highest BCUT2D eigenvalue weighted by molar-refractivity contribution is 4.95. The van der Waals surface area contributed by atoms with Gasteiger partial charge >= 0.3 is 0 Å². The first-order valence-electron chi connectivity index (χ1n) is 4.12. The molecule has 7 nitrogen and oxygen atoms in total. The van der Waals surface area contributed by atoms with E-state index in [1.165, 1.54) is 0 Å². The second kappa shape index (κ2) is 4.07. The SMILES string of the molecule is OC[C@H]1OC(O)(CO)[C@H](O)[C@H](O)[C@@H]1O. The molecule has 1 unspecified atom stereocenters. The van der Waals surface area contributed by atoms with Gasteiger partial charge in [0.05, 0.1) is 13.2 Å². The van der Waals surface area contributed by atoms with E-state index in [1.807, 2.05) is 0 Å². The maximum absolute atomic E-state index is 9.43. The average Bonchev–Trinajstić information content (AvgIpc) is 2.20. The monoisotopic (exact) mass is 210 g/mol. The van der Waals surface area contributed by atoms with Gasteiger partial charge in [-0.2, -0.15) is 0 Å². The van der Waals surface area contributed by atoms with Crippen LogP contribution in [0.1, 0.15) is 0 Å². The van der Waals surface area contributed by atoms with Crippen molar-refractivity contribution in [1.82, 2.24) is 0 Å². The predicted octanol–water partition coefficient (Wildman–Crippen LogP) is -3.86. The van der Waals surface area contributed by atoms with Crippen LogP contribution in [0.15, 0.2) is 0 Å². The van der Waals surface area contributed by atoms with E-state index in [0.717, 1.165) is 0 Å². The zero-order valence-corrected chi connectivity index (χ0v) is 7.32. The summed E-state index contributed by atoms with van der Waals surface area (Å²) in [5.41, 5.74) is 0. The lowest BCUT2D eigenvalue weighted by Crippen LogP contribution is -2.66. The molecule has 1 aliphatic rings. The van der Waals surface area contributed by atoms with Crippen LogP contribution >= 0.6 is 0 Å². The quantitative estimate of drug-likeness (QED) is 0.275. The molecule has 6 N–H and O–H groups in total. The van der Waals surface area contributed by atoms with Gasteiger partial charge in [-0.3, -0.25) is 0 Å². The van der Waals surface area contributed by atoms with Crippen LogP contribution in [0.2, 0.25) is 0 Å². The minimum absolute atomic E-state index is 0.646. The summed E-state index contributed by atoms with van der Waals surface area (Å²) in [6.07, 6.45) is -6.27. The van der Waals surface area contributed by atoms with Crippen molar-refractivity contribution in [2.75, 3.05) is 13.2 Å². The molecule has 7 heteroatoms. The van der Waals surface area contributed by atoms with Crippen molar-refractivity contribution in [3.63, 3.8) is 0 Å². The van der Waals surface area contributed by atoms with Crippen molar-refractivity contribution >= 4 is 0 Å². The molecular formula is C7H14O7. The molecule has 1 rings (SSSR count). The number of rotatable bonds is 2. The van der Waals surface area contributed by atoms with Crippen LogP contribution in [0.3, 0.4) is 0 Å². The van der Waals surface area contributed by atoms with Crippen LogP contribution in [-0.4, -0.2) is 74.1 Å². The molecule has 0 aromatic rings. The van der Waals surface area contributed by atoms with Crippen molar-refractivity contribution in [2.24, 2.45) is 0 Å². The summed E-state index contributed by atoms with van der Waals surface area (Å²) in [6, 6.07) is 0. The maximum atomic E-state index is 9.43. The topological polar surface area (TPSA) is 131 Å². The second-order valence-corrected chi connectivity index (χ2v) is 3.27. The van der Waals surface area contributed by atoms with Gasteiger partial charge in [-0.1, -0.05) is 0 Å². The van der Waals surface area contributed by atoms with Gasteiger partial charge < -0.3 is 35.4 Å². The predicted molar refractivity (Wildman–Crippen MR) is 42.0 cm³/mol. The Morgan fingerprint density at radius 3 is 2.07 bits per heavy atom. The molecule has 5 atom stereocenters. The second-order valence-electron chi connectivity index (χ2n) is 3.27. The molecule has 1 saturated heterocycles. The summed E-state index contributed by atoms with van der Waals surface area (Å²) in [6.45, 7) is -1.60. The van der Waals surface area contributed by atoms with Crippen LogP contribution in [0.25, 0.3) is 0 Å². The summed E-state index contributed by atoms with van der Waals surface area (Å²) in [5.74, 6) is -2.36. The molecular weight excluding hydrogens is 196 g/mol. The largest absolute Gasteiger partial charge is 0.394 e. The van der Waals surface area contributed by atoms with Gasteiger partial charge in [-0.15, -0.1) is 0 Å². The molecule has 0 amide bonds. The molecule has 0 bridgehead atoms. The van der Waals surface area contributed by atoms with Crippen molar-refractivity contribution in [1.29, 1.82) is 0 Å². The van der Waals surface area contributed by atoms with E-state index >= 15 is 0 Å². The summed E-state index contributed by atoms with van der Waals surface area (Å²) < 4.78 is 4.66. The highest BCUT2D eigenvalue weighted by Crippen LogP contribution is 2.27. The van der Waals surface area contributed by atoms with Crippen LogP contribution < -0.4 is 0 Å². The van der Waals surface area contributed by atoms with Gasteiger partial charge in [-0.25, -0.2) is 0 Å². The summed E-state index contributed by atoms with van der Waals surface area (Å²) in [5, 5.41) is 54.6. The van der Waals surface area contributed by atoms with E-state index < -0.39 is 43.4 Å². The van der Waals surface area contributed by atoms with Crippen molar-refractivity contribution in [2.45, 2.75) is 30.2 Å². The first-order valence-corrected chi connectivity index (χ1v) is 4.12. The number of ether oxygens (including phenoxy) is 1. The van der Waals surface area contributed by atoms with Gasteiger partial charge in [-0.05, 0) is 0 Å². The molecule has 14 heavy (non-hydrogen) atoms.